The number of halogens is 1. The average Bonchev–Trinajstić information content (AvgIpc) is 2.54. The molecule has 1 heterocycles. The van der Waals surface area contributed by atoms with Gasteiger partial charge in [-0.15, -0.1) is 0 Å². The van der Waals surface area contributed by atoms with E-state index in [1.54, 1.807) is 6.26 Å². The van der Waals surface area contributed by atoms with Crippen LogP contribution in [0.3, 0.4) is 0 Å². The minimum atomic E-state index is 0.614. The molecule has 66 valence electrons. The molecule has 0 N–H and O–H groups in total. The number of rotatable bonds is 1. The third kappa shape index (κ3) is 1.71. The van der Waals surface area contributed by atoms with E-state index in [9.17, 15) is 0 Å². The summed E-state index contributed by atoms with van der Waals surface area (Å²) in [6.45, 7) is 0. The summed E-state index contributed by atoms with van der Waals surface area (Å²) >= 11 is 3.22. The van der Waals surface area contributed by atoms with Crippen molar-refractivity contribution in [3.8, 4) is 0 Å². The standard InChI is InChI=1S/C9H12BrNO/c10-9-11-8(6-12-9)7-4-2-1-3-5-7/h6-7H,1-5H2. The Morgan fingerprint density at radius 3 is 2.67 bits per heavy atom. The molecule has 0 amide bonds. The number of aromatic nitrogens is 1. The Bertz CT molecular complexity index is 253. The van der Waals surface area contributed by atoms with Crippen molar-refractivity contribution in [2.75, 3.05) is 0 Å². The van der Waals surface area contributed by atoms with Crippen molar-refractivity contribution in [1.82, 2.24) is 4.98 Å². The van der Waals surface area contributed by atoms with Crippen LogP contribution in [0, 0.1) is 0 Å². The van der Waals surface area contributed by atoms with Gasteiger partial charge in [0.1, 0.15) is 6.26 Å². The zero-order valence-electron chi connectivity index (χ0n) is 6.92. The Hall–Kier alpha value is -0.310. The second-order valence-electron chi connectivity index (χ2n) is 3.36. The fourth-order valence-electron chi connectivity index (χ4n) is 1.85. The van der Waals surface area contributed by atoms with Gasteiger partial charge in [-0.05, 0) is 12.8 Å². The summed E-state index contributed by atoms with van der Waals surface area (Å²) in [5, 5.41) is 0. The monoisotopic (exact) mass is 229 g/mol. The van der Waals surface area contributed by atoms with Crippen LogP contribution in [0.2, 0.25) is 0 Å². The average molecular weight is 230 g/mol. The minimum Gasteiger partial charge on any atom is -0.439 e. The highest BCUT2D eigenvalue weighted by molar-refractivity contribution is 9.10. The predicted molar refractivity (Wildman–Crippen MR) is 50.0 cm³/mol. The van der Waals surface area contributed by atoms with Crippen molar-refractivity contribution in [3.63, 3.8) is 0 Å². The Morgan fingerprint density at radius 2 is 2.08 bits per heavy atom. The lowest BCUT2D eigenvalue weighted by Crippen LogP contribution is -2.04. The number of nitrogens with zero attached hydrogens (tertiary/aromatic N) is 1. The van der Waals surface area contributed by atoms with Gasteiger partial charge in [-0.1, -0.05) is 19.3 Å². The van der Waals surface area contributed by atoms with Gasteiger partial charge in [0.15, 0.2) is 0 Å². The van der Waals surface area contributed by atoms with Crippen molar-refractivity contribution >= 4 is 15.9 Å². The van der Waals surface area contributed by atoms with E-state index >= 15 is 0 Å². The molecular weight excluding hydrogens is 218 g/mol. The summed E-state index contributed by atoms with van der Waals surface area (Å²) in [6, 6.07) is 0. The molecular formula is C9H12BrNO. The summed E-state index contributed by atoms with van der Waals surface area (Å²) in [5.74, 6) is 0.647. The van der Waals surface area contributed by atoms with Crippen LogP contribution in [0.4, 0.5) is 0 Å². The van der Waals surface area contributed by atoms with E-state index < -0.39 is 0 Å². The quantitative estimate of drug-likeness (QED) is 0.738. The van der Waals surface area contributed by atoms with Gasteiger partial charge in [-0.25, -0.2) is 4.98 Å². The smallest absolute Gasteiger partial charge is 0.264 e. The second kappa shape index (κ2) is 3.60. The third-order valence-corrected chi connectivity index (χ3v) is 2.88. The van der Waals surface area contributed by atoms with Crippen LogP contribution in [0.1, 0.15) is 43.7 Å². The largest absolute Gasteiger partial charge is 0.439 e. The fraction of sp³-hybridized carbons (Fsp3) is 0.667. The van der Waals surface area contributed by atoms with Crippen LogP contribution in [0.15, 0.2) is 15.5 Å². The molecule has 12 heavy (non-hydrogen) atoms. The molecule has 0 saturated heterocycles. The molecule has 0 atom stereocenters. The fourth-order valence-corrected chi connectivity index (χ4v) is 2.15. The third-order valence-electron chi connectivity index (χ3n) is 2.52. The van der Waals surface area contributed by atoms with Crippen LogP contribution in [-0.4, -0.2) is 4.98 Å². The summed E-state index contributed by atoms with van der Waals surface area (Å²) in [7, 11) is 0. The molecule has 2 nitrogen and oxygen atoms in total. The molecule has 0 radical (unpaired) electrons. The highest BCUT2D eigenvalue weighted by Gasteiger charge is 2.18. The summed E-state index contributed by atoms with van der Waals surface area (Å²) < 4.78 is 5.12. The van der Waals surface area contributed by atoms with E-state index in [0.29, 0.717) is 10.7 Å². The number of hydrogen-bond acceptors (Lipinski definition) is 2. The second-order valence-corrected chi connectivity index (χ2v) is 4.04. The lowest BCUT2D eigenvalue weighted by molar-refractivity contribution is 0.435. The van der Waals surface area contributed by atoms with Gasteiger partial charge >= 0.3 is 0 Å². The van der Waals surface area contributed by atoms with Crippen molar-refractivity contribution in [2.24, 2.45) is 0 Å². The molecule has 1 aliphatic carbocycles. The van der Waals surface area contributed by atoms with Crippen LogP contribution in [0.25, 0.3) is 0 Å². The summed E-state index contributed by atoms with van der Waals surface area (Å²) in [6.07, 6.45) is 8.40. The topological polar surface area (TPSA) is 26.0 Å². The molecule has 1 fully saturated rings. The van der Waals surface area contributed by atoms with Gasteiger partial charge in [0.2, 0.25) is 0 Å². The zero-order chi connectivity index (χ0) is 8.39. The molecule has 1 aromatic rings. The van der Waals surface area contributed by atoms with Gasteiger partial charge in [-0.3, -0.25) is 0 Å². The van der Waals surface area contributed by atoms with Crippen molar-refractivity contribution in [3.05, 3.63) is 16.8 Å². The maximum atomic E-state index is 5.12. The van der Waals surface area contributed by atoms with E-state index in [4.69, 9.17) is 4.42 Å². The van der Waals surface area contributed by atoms with E-state index in [-0.39, 0.29) is 0 Å². The first-order valence-corrected chi connectivity index (χ1v) is 5.26. The van der Waals surface area contributed by atoms with Gasteiger partial charge in [0.05, 0.1) is 5.69 Å². The maximum absolute atomic E-state index is 5.12. The van der Waals surface area contributed by atoms with E-state index in [1.807, 2.05) is 0 Å². The summed E-state index contributed by atoms with van der Waals surface area (Å²) in [4.78, 5) is 4.90. The number of oxazole rings is 1. The molecule has 1 aliphatic rings. The molecule has 2 rings (SSSR count). The predicted octanol–water partition coefficient (Wildman–Crippen LogP) is 3.48. The van der Waals surface area contributed by atoms with Gasteiger partial charge in [0, 0.05) is 21.8 Å². The molecule has 0 bridgehead atoms. The van der Waals surface area contributed by atoms with Crippen LogP contribution in [-0.2, 0) is 0 Å². The molecule has 1 aromatic heterocycles. The number of hydrogen-bond donors (Lipinski definition) is 0. The van der Waals surface area contributed by atoms with Crippen molar-refractivity contribution in [1.29, 1.82) is 0 Å². The molecule has 0 aliphatic heterocycles. The Kier molecular flexibility index (Phi) is 2.49. The van der Waals surface area contributed by atoms with Crippen LogP contribution < -0.4 is 0 Å². The van der Waals surface area contributed by atoms with E-state index in [1.165, 1.54) is 32.1 Å². The Balaban J connectivity index is 2.08. The highest BCUT2D eigenvalue weighted by atomic mass is 79.9. The van der Waals surface area contributed by atoms with Gasteiger partial charge in [0.25, 0.3) is 4.80 Å². The van der Waals surface area contributed by atoms with Crippen LogP contribution >= 0.6 is 15.9 Å². The Labute approximate surface area is 80.5 Å². The first-order chi connectivity index (χ1) is 5.86. The highest BCUT2D eigenvalue weighted by Crippen LogP contribution is 2.32. The molecule has 3 heteroatoms. The molecule has 1 saturated carbocycles. The van der Waals surface area contributed by atoms with Crippen molar-refractivity contribution in [2.45, 2.75) is 38.0 Å². The van der Waals surface area contributed by atoms with E-state index in [2.05, 4.69) is 20.9 Å². The molecule has 0 spiro atoms. The summed E-state index contributed by atoms with van der Waals surface area (Å²) in [5.41, 5.74) is 1.13. The zero-order valence-corrected chi connectivity index (χ0v) is 8.51. The lowest BCUT2D eigenvalue weighted by Gasteiger charge is -2.18. The van der Waals surface area contributed by atoms with Gasteiger partial charge < -0.3 is 4.42 Å². The normalized spacial score (nSPS) is 19.8. The van der Waals surface area contributed by atoms with Crippen molar-refractivity contribution < 1.29 is 4.42 Å². The van der Waals surface area contributed by atoms with Gasteiger partial charge in [-0.2, -0.15) is 0 Å². The SMILES string of the molecule is Brc1nc(C2CCCCC2)co1. The lowest BCUT2D eigenvalue weighted by atomic mass is 9.87. The molecule has 0 aromatic carbocycles. The maximum Gasteiger partial charge on any atom is 0.264 e. The molecule has 0 unspecified atom stereocenters. The van der Waals surface area contributed by atoms with E-state index in [0.717, 1.165) is 5.69 Å². The Morgan fingerprint density at radius 1 is 1.33 bits per heavy atom. The first kappa shape index (κ1) is 8.30. The minimum absolute atomic E-state index is 0.614. The van der Waals surface area contributed by atoms with Crippen LogP contribution in [0.5, 0.6) is 0 Å². The first-order valence-electron chi connectivity index (χ1n) is 4.47.